The van der Waals surface area contributed by atoms with Crippen molar-refractivity contribution in [3.63, 3.8) is 0 Å². The third-order valence-corrected chi connectivity index (χ3v) is 3.99. The van der Waals surface area contributed by atoms with Gasteiger partial charge in [-0.15, -0.1) is 11.8 Å². The standard InChI is InChI=1S/C10H18N2OS2/c1-2-12(7-9(11)14)10(13)8-5-3-4-6-15-8/h8H,2-7H2,1H3,(H2,11,14). The van der Waals surface area contributed by atoms with Crippen LogP contribution in [0, 0.1) is 0 Å². The van der Waals surface area contributed by atoms with Gasteiger partial charge in [-0.05, 0) is 25.5 Å². The Bertz CT molecular complexity index is 240. The van der Waals surface area contributed by atoms with Crippen LogP contribution in [0.5, 0.6) is 0 Å². The number of hydrogen-bond donors (Lipinski definition) is 1. The van der Waals surface area contributed by atoms with Gasteiger partial charge >= 0.3 is 0 Å². The lowest BCUT2D eigenvalue weighted by molar-refractivity contribution is -0.129. The number of rotatable bonds is 4. The first-order chi connectivity index (χ1) is 7.15. The predicted octanol–water partition coefficient (Wildman–Crippen LogP) is 1.41. The Morgan fingerprint density at radius 2 is 2.33 bits per heavy atom. The zero-order chi connectivity index (χ0) is 11.3. The molecular weight excluding hydrogens is 228 g/mol. The summed E-state index contributed by atoms with van der Waals surface area (Å²) in [5, 5.41) is 0.132. The quantitative estimate of drug-likeness (QED) is 0.762. The first kappa shape index (κ1) is 12.8. The van der Waals surface area contributed by atoms with Gasteiger partial charge in [0.1, 0.15) is 0 Å². The summed E-state index contributed by atoms with van der Waals surface area (Å²) in [7, 11) is 0. The fraction of sp³-hybridized carbons (Fsp3) is 0.800. The summed E-state index contributed by atoms with van der Waals surface area (Å²) < 4.78 is 0. The number of thioether (sulfide) groups is 1. The second-order valence-corrected chi connectivity index (χ2v) is 5.51. The second kappa shape index (κ2) is 6.33. The molecule has 0 bridgehead atoms. The van der Waals surface area contributed by atoms with Crippen LogP contribution >= 0.6 is 24.0 Å². The first-order valence-electron chi connectivity index (χ1n) is 5.33. The van der Waals surface area contributed by atoms with Gasteiger partial charge in [0.15, 0.2) is 0 Å². The van der Waals surface area contributed by atoms with Crippen molar-refractivity contribution in [2.24, 2.45) is 5.73 Å². The van der Waals surface area contributed by atoms with E-state index in [1.807, 2.05) is 6.92 Å². The van der Waals surface area contributed by atoms with Crippen molar-refractivity contribution in [3.05, 3.63) is 0 Å². The van der Waals surface area contributed by atoms with Gasteiger partial charge in [0.25, 0.3) is 0 Å². The molecule has 86 valence electrons. The van der Waals surface area contributed by atoms with E-state index in [2.05, 4.69) is 0 Å². The Balaban J connectivity index is 2.50. The molecule has 0 aromatic heterocycles. The minimum atomic E-state index is 0.132. The largest absolute Gasteiger partial charge is 0.392 e. The lowest BCUT2D eigenvalue weighted by Gasteiger charge is -2.27. The highest BCUT2D eigenvalue weighted by Crippen LogP contribution is 2.26. The van der Waals surface area contributed by atoms with E-state index >= 15 is 0 Å². The molecule has 1 fully saturated rings. The van der Waals surface area contributed by atoms with Crippen LogP contribution in [-0.2, 0) is 4.79 Å². The Kier molecular flexibility index (Phi) is 5.39. The molecule has 0 aromatic carbocycles. The van der Waals surface area contributed by atoms with E-state index < -0.39 is 0 Å². The van der Waals surface area contributed by atoms with E-state index in [0.29, 0.717) is 18.1 Å². The molecule has 1 amide bonds. The molecule has 0 saturated carbocycles. The minimum absolute atomic E-state index is 0.132. The highest BCUT2D eigenvalue weighted by Gasteiger charge is 2.25. The predicted molar refractivity (Wildman–Crippen MR) is 69.1 cm³/mol. The fourth-order valence-corrected chi connectivity index (χ4v) is 3.11. The topological polar surface area (TPSA) is 46.3 Å². The number of amides is 1. The van der Waals surface area contributed by atoms with Gasteiger partial charge in [-0.2, -0.15) is 0 Å². The average Bonchev–Trinajstić information content (AvgIpc) is 2.26. The van der Waals surface area contributed by atoms with Crippen molar-refractivity contribution in [1.29, 1.82) is 0 Å². The summed E-state index contributed by atoms with van der Waals surface area (Å²) in [6.45, 7) is 3.07. The Hall–Kier alpha value is -0.290. The SMILES string of the molecule is CCN(CC(N)=S)C(=O)C1CCCCS1. The zero-order valence-corrected chi connectivity index (χ0v) is 10.7. The third kappa shape index (κ3) is 3.99. The van der Waals surface area contributed by atoms with Crippen molar-refractivity contribution < 1.29 is 4.79 Å². The number of carbonyl (C=O) groups is 1. The van der Waals surface area contributed by atoms with Crippen LogP contribution in [0.2, 0.25) is 0 Å². The summed E-state index contributed by atoms with van der Waals surface area (Å²) in [6, 6.07) is 0. The van der Waals surface area contributed by atoms with Crippen LogP contribution in [0.25, 0.3) is 0 Å². The molecule has 1 aliphatic heterocycles. The first-order valence-corrected chi connectivity index (χ1v) is 6.79. The minimum Gasteiger partial charge on any atom is -0.392 e. The molecule has 0 aliphatic carbocycles. The number of likely N-dealkylation sites (N-methyl/N-ethyl adjacent to an activating group) is 1. The zero-order valence-electron chi connectivity index (χ0n) is 9.07. The van der Waals surface area contributed by atoms with Crippen molar-refractivity contribution in [2.45, 2.75) is 31.4 Å². The molecule has 2 N–H and O–H groups in total. The average molecular weight is 246 g/mol. The molecular formula is C10H18N2OS2. The van der Waals surface area contributed by atoms with Crippen molar-refractivity contribution >= 4 is 34.9 Å². The van der Waals surface area contributed by atoms with E-state index in [1.54, 1.807) is 16.7 Å². The molecule has 15 heavy (non-hydrogen) atoms. The Morgan fingerprint density at radius 1 is 1.60 bits per heavy atom. The normalized spacial score (nSPS) is 21.0. The number of thiocarbonyl (C=S) groups is 1. The monoisotopic (exact) mass is 246 g/mol. The van der Waals surface area contributed by atoms with Gasteiger partial charge in [0, 0.05) is 6.54 Å². The van der Waals surface area contributed by atoms with E-state index in [1.165, 1.54) is 6.42 Å². The Labute approximate surface area is 101 Å². The fourth-order valence-electron chi connectivity index (χ4n) is 1.67. The summed E-state index contributed by atoms with van der Waals surface area (Å²) >= 11 is 6.60. The smallest absolute Gasteiger partial charge is 0.236 e. The maximum Gasteiger partial charge on any atom is 0.236 e. The number of nitrogens with zero attached hydrogens (tertiary/aromatic N) is 1. The summed E-state index contributed by atoms with van der Waals surface area (Å²) in [4.78, 5) is 14.2. The van der Waals surface area contributed by atoms with E-state index in [9.17, 15) is 4.79 Å². The molecule has 1 atom stereocenters. The molecule has 1 rings (SSSR count). The number of nitrogens with two attached hydrogens (primary N) is 1. The third-order valence-electron chi connectivity index (χ3n) is 2.50. The Morgan fingerprint density at radius 3 is 2.80 bits per heavy atom. The maximum absolute atomic E-state index is 12.1. The van der Waals surface area contributed by atoms with Crippen molar-refractivity contribution in [2.75, 3.05) is 18.8 Å². The molecule has 3 nitrogen and oxygen atoms in total. The lowest BCUT2D eigenvalue weighted by atomic mass is 10.1. The van der Waals surface area contributed by atoms with Crippen LogP contribution in [0.3, 0.4) is 0 Å². The molecule has 1 aliphatic rings. The lowest BCUT2D eigenvalue weighted by Crippen LogP contribution is -2.42. The highest BCUT2D eigenvalue weighted by molar-refractivity contribution is 8.00. The van der Waals surface area contributed by atoms with Gasteiger partial charge in [-0.1, -0.05) is 18.6 Å². The van der Waals surface area contributed by atoms with Crippen molar-refractivity contribution in [3.8, 4) is 0 Å². The molecule has 1 heterocycles. The summed E-state index contributed by atoms with van der Waals surface area (Å²) in [5.41, 5.74) is 5.47. The van der Waals surface area contributed by atoms with Crippen LogP contribution in [0.4, 0.5) is 0 Å². The van der Waals surface area contributed by atoms with E-state index in [-0.39, 0.29) is 11.2 Å². The maximum atomic E-state index is 12.1. The second-order valence-electron chi connectivity index (χ2n) is 3.67. The van der Waals surface area contributed by atoms with Crippen LogP contribution in [0.15, 0.2) is 0 Å². The van der Waals surface area contributed by atoms with Crippen molar-refractivity contribution in [1.82, 2.24) is 4.90 Å². The van der Waals surface area contributed by atoms with Crippen LogP contribution in [-0.4, -0.2) is 39.9 Å². The number of hydrogen-bond acceptors (Lipinski definition) is 3. The van der Waals surface area contributed by atoms with Gasteiger partial charge in [0.2, 0.25) is 5.91 Å². The molecule has 0 aromatic rings. The van der Waals surface area contributed by atoms with E-state index in [4.69, 9.17) is 18.0 Å². The van der Waals surface area contributed by atoms with Gasteiger partial charge in [0.05, 0.1) is 16.8 Å². The van der Waals surface area contributed by atoms with Gasteiger partial charge in [-0.25, -0.2) is 0 Å². The molecule has 0 spiro atoms. The molecule has 1 saturated heterocycles. The molecule has 1 unspecified atom stereocenters. The highest BCUT2D eigenvalue weighted by atomic mass is 32.2. The molecule has 0 radical (unpaired) electrons. The molecule has 5 heteroatoms. The van der Waals surface area contributed by atoms with Gasteiger partial charge in [-0.3, -0.25) is 4.79 Å². The van der Waals surface area contributed by atoms with Crippen LogP contribution in [0.1, 0.15) is 26.2 Å². The summed E-state index contributed by atoms with van der Waals surface area (Å²) in [5.74, 6) is 1.30. The summed E-state index contributed by atoms with van der Waals surface area (Å²) in [6.07, 6.45) is 3.39. The van der Waals surface area contributed by atoms with Crippen LogP contribution < -0.4 is 5.73 Å². The van der Waals surface area contributed by atoms with Gasteiger partial charge < -0.3 is 10.6 Å². The number of carbonyl (C=O) groups excluding carboxylic acids is 1. The van der Waals surface area contributed by atoms with E-state index in [0.717, 1.165) is 18.6 Å².